The van der Waals surface area contributed by atoms with Gasteiger partial charge < -0.3 is 14.2 Å². The number of halogens is 1. The fraction of sp³-hybridized carbons (Fsp3) is 0.455. The molecule has 0 spiro atoms. The lowest BCUT2D eigenvalue weighted by Crippen LogP contribution is -2.36. The van der Waals surface area contributed by atoms with Gasteiger partial charge in [0.2, 0.25) is 5.88 Å². The Morgan fingerprint density at radius 2 is 1.80 bits per heavy atom. The Kier molecular flexibility index (Phi) is 9.46. The molecule has 214 valence electrons. The molecule has 0 aliphatic carbocycles. The first-order valence-electron chi connectivity index (χ1n) is 14.1. The molecule has 0 amide bonds. The molecule has 1 aliphatic rings. The number of aromatic nitrogens is 1. The van der Waals surface area contributed by atoms with E-state index in [1.54, 1.807) is 6.07 Å². The zero-order valence-corrected chi connectivity index (χ0v) is 24.7. The van der Waals surface area contributed by atoms with E-state index in [1.165, 1.54) is 26.0 Å². The molecule has 7 heteroatoms. The predicted molar refractivity (Wildman–Crippen MR) is 155 cm³/mol. The third-order valence-corrected chi connectivity index (χ3v) is 7.73. The van der Waals surface area contributed by atoms with Crippen LogP contribution in [0.4, 0.5) is 4.39 Å². The lowest BCUT2D eigenvalue weighted by Gasteiger charge is -2.32. The van der Waals surface area contributed by atoms with E-state index in [4.69, 9.17) is 14.2 Å². The van der Waals surface area contributed by atoms with E-state index < -0.39 is 0 Å². The van der Waals surface area contributed by atoms with Gasteiger partial charge in [0.1, 0.15) is 17.7 Å². The number of benzene rings is 2. The van der Waals surface area contributed by atoms with Crippen LogP contribution < -0.4 is 9.47 Å². The number of fused-ring (bicyclic) bond motifs is 1. The first kappa shape index (κ1) is 29.5. The van der Waals surface area contributed by atoms with E-state index in [0.717, 1.165) is 40.8 Å². The van der Waals surface area contributed by atoms with Gasteiger partial charge >= 0.3 is 5.97 Å². The van der Waals surface area contributed by atoms with Crippen LogP contribution in [0, 0.1) is 11.7 Å². The molecule has 40 heavy (non-hydrogen) atoms. The Morgan fingerprint density at radius 3 is 2.48 bits per heavy atom. The first-order chi connectivity index (χ1) is 19.1. The summed E-state index contributed by atoms with van der Waals surface area (Å²) < 4.78 is 31.8. The van der Waals surface area contributed by atoms with Gasteiger partial charge in [0.15, 0.2) is 0 Å². The van der Waals surface area contributed by atoms with E-state index in [1.807, 2.05) is 25.1 Å². The van der Waals surface area contributed by atoms with Crippen molar-refractivity contribution in [3.63, 3.8) is 0 Å². The van der Waals surface area contributed by atoms with Crippen LogP contribution in [0.5, 0.6) is 11.6 Å². The summed E-state index contributed by atoms with van der Waals surface area (Å²) in [5.41, 5.74) is 5.59. The Balaban J connectivity index is 1.68. The molecule has 0 saturated heterocycles. The van der Waals surface area contributed by atoms with Crippen molar-refractivity contribution in [3.05, 3.63) is 76.7 Å². The molecular formula is C33H41FN2O4. The van der Waals surface area contributed by atoms with Crippen LogP contribution in [0.2, 0.25) is 0 Å². The fourth-order valence-corrected chi connectivity index (χ4v) is 5.52. The van der Waals surface area contributed by atoms with Crippen molar-refractivity contribution in [3.8, 4) is 22.8 Å². The van der Waals surface area contributed by atoms with Gasteiger partial charge in [-0.05, 0) is 80.8 Å². The zero-order chi connectivity index (χ0) is 29.0. The molecule has 2 aromatic carbocycles. The summed E-state index contributed by atoms with van der Waals surface area (Å²) in [4.78, 5) is 18.4. The minimum Gasteiger partial charge on any atom is -0.485 e. The minimum atomic E-state index is -0.382. The number of hydrogen-bond donors (Lipinski definition) is 0. The third kappa shape index (κ3) is 6.64. The predicted octanol–water partition coefficient (Wildman–Crippen LogP) is 6.93. The molecule has 0 N–H and O–H groups in total. The maximum atomic E-state index is 15.1. The number of esters is 1. The van der Waals surface area contributed by atoms with E-state index in [2.05, 4.69) is 55.8 Å². The van der Waals surface area contributed by atoms with Crippen molar-refractivity contribution in [1.82, 2.24) is 9.88 Å². The summed E-state index contributed by atoms with van der Waals surface area (Å²) in [7, 11) is 2.95. The molecule has 0 unspecified atom stereocenters. The molecule has 3 aromatic rings. The summed E-state index contributed by atoms with van der Waals surface area (Å²) in [6.45, 7) is 11.3. The topological polar surface area (TPSA) is 60.9 Å². The number of rotatable bonds is 10. The third-order valence-electron chi connectivity index (χ3n) is 7.73. The molecule has 2 heterocycles. The molecule has 0 bridgehead atoms. The summed E-state index contributed by atoms with van der Waals surface area (Å²) >= 11 is 0. The van der Waals surface area contributed by atoms with Crippen LogP contribution >= 0.6 is 0 Å². The highest BCUT2D eigenvalue weighted by Gasteiger charge is 2.25. The van der Waals surface area contributed by atoms with Gasteiger partial charge in [-0.25, -0.2) is 9.37 Å². The van der Waals surface area contributed by atoms with Crippen molar-refractivity contribution in [2.24, 2.45) is 5.92 Å². The molecule has 0 fully saturated rings. The standard InChI is InChI=1S/C33H41FN2O4/c1-20(2)36(21(3)4)19-26-16-25(10-12-27(26)28-17-32(38-6)35-18-29(28)34)30-13-11-24-9-8-23(15-31(24)40-30)14-22(5)33(37)39-7/h8-10,12,15-18,20-22,30H,11,13-14,19H2,1-7H3/t22-,30+/m0/s1. The second-order valence-corrected chi connectivity index (χ2v) is 11.2. The highest BCUT2D eigenvalue weighted by Crippen LogP contribution is 2.38. The molecule has 2 atom stereocenters. The van der Waals surface area contributed by atoms with Crippen molar-refractivity contribution < 1.29 is 23.4 Å². The van der Waals surface area contributed by atoms with Gasteiger partial charge in [-0.3, -0.25) is 9.69 Å². The maximum Gasteiger partial charge on any atom is 0.308 e. The van der Waals surface area contributed by atoms with Gasteiger partial charge in [-0.2, -0.15) is 0 Å². The number of pyridine rings is 1. The maximum absolute atomic E-state index is 15.1. The number of methoxy groups -OCH3 is 2. The Bertz CT molecular complexity index is 1330. The quantitative estimate of drug-likeness (QED) is 0.256. The molecule has 0 saturated carbocycles. The highest BCUT2D eigenvalue weighted by atomic mass is 19.1. The normalized spacial score (nSPS) is 15.6. The van der Waals surface area contributed by atoms with Crippen LogP contribution in [0.15, 0.2) is 48.7 Å². The monoisotopic (exact) mass is 548 g/mol. The Morgan fingerprint density at radius 1 is 1.05 bits per heavy atom. The molecule has 0 radical (unpaired) electrons. The number of hydrogen-bond acceptors (Lipinski definition) is 6. The largest absolute Gasteiger partial charge is 0.485 e. The fourth-order valence-electron chi connectivity index (χ4n) is 5.52. The van der Waals surface area contributed by atoms with E-state index in [-0.39, 0.29) is 23.8 Å². The van der Waals surface area contributed by atoms with Gasteiger partial charge in [0.25, 0.3) is 0 Å². The van der Waals surface area contributed by atoms with Gasteiger partial charge in [0.05, 0.1) is 26.3 Å². The number of carbonyl (C=O) groups excluding carboxylic acids is 1. The summed E-state index contributed by atoms with van der Waals surface area (Å²) in [5.74, 6) is 0.402. The SMILES string of the molecule is COC(=O)[C@@H](C)Cc1ccc2c(c1)O[C@@H](c1ccc(-c3cc(OC)ncc3F)c(CN(C(C)C)C(C)C)c1)CC2. The van der Waals surface area contributed by atoms with Crippen molar-refractivity contribution in [1.29, 1.82) is 0 Å². The number of nitrogens with zero attached hydrogens (tertiary/aromatic N) is 2. The van der Waals surface area contributed by atoms with Crippen LogP contribution in [0.25, 0.3) is 11.1 Å². The molecular weight excluding hydrogens is 507 g/mol. The van der Waals surface area contributed by atoms with E-state index >= 15 is 4.39 Å². The van der Waals surface area contributed by atoms with Crippen LogP contribution in [-0.2, 0) is 28.9 Å². The Hall–Kier alpha value is -3.45. The Labute approximate surface area is 237 Å². The molecule has 1 aliphatic heterocycles. The smallest absolute Gasteiger partial charge is 0.308 e. The van der Waals surface area contributed by atoms with Crippen LogP contribution in [0.3, 0.4) is 0 Å². The van der Waals surface area contributed by atoms with E-state index in [9.17, 15) is 4.79 Å². The first-order valence-corrected chi connectivity index (χ1v) is 14.1. The molecule has 4 rings (SSSR count). The number of ether oxygens (including phenoxy) is 3. The van der Waals surface area contributed by atoms with Crippen LogP contribution in [-0.4, -0.2) is 42.2 Å². The van der Waals surface area contributed by atoms with Gasteiger partial charge in [-0.15, -0.1) is 0 Å². The zero-order valence-electron chi connectivity index (χ0n) is 24.7. The average molecular weight is 549 g/mol. The van der Waals surface area contributed by atoms with E-state index in [0.29, 0.717) is 36.5 Å². The van der Waals surface area contributed by atoms with Crippen molar-refractivity contribution >= 4 is 5.97 Å². The minimum absolute atomic E-state index is 0.128. The lowest BCUT2D eigenvalue weighted by molar-refractivity contribution is -0.144. The lowest BCUT2D eigenvalue weighted by atomic mass is 9.91. The highest BCUT2D eigenvalue weighted by molar-refractivity contribution is 5.72. The van der Waals surface area contributed by atoms with Crippen LogP contribution in [0.1, 0.15) is 69.4 Å². The number of carbonyl (C=O) groups is 1. The van der Waals surface area contributed by atoms with Gasteiger partial charge in [-0.1, -0.05) is 37.3 Å². The molecule has 6 nitrogen and oxygen atoms in total. The second kappa shape index (κ2) is 12.8. The summed E-state index contributed by atoms with van der Waals surface area (Å²) in [6, 6.07) is 14.7. The second-order valence-electron chi connectivity index (χ2n) is 11.2. The summed E-state index contributed by atoms with van der Waals surface area (Å²) in [5, 5.41) is 0. The summed E-state index contributed by atoms with van der Waals surface area (Å²) in [6.07, 6.45) is 3.42. The van der Waals surface area contributed by atoms with Crippen molar-refractivity contribution in [2.75, 3.05) is 14.2 Å². The van der Waals surface area contributed by atoms with Gasteiger partial charge in [0, 0.05) is 30.3 Å². The molecule has 1 aromatic heterocycles. The average Bonchev–Trinajstić information content (AvgIpc) is 2.94. The van der Waals surface area contributed by atoms with Crippen molar-refractivity contribution in [2.45, 2.75) is 78.6 Å². The number of aryl methyl sites for hydroxylation is 1.